The summed E-state index contributed by atoms with van der Waals surface area (Å²) >= 11 is 0. The van der Waals surface area contributed by atoms with E-state index >= 15 is 0 Å². The lowest BCUT2D eigenvalue weighted by Gasteiger charge is -2.44. The molecule has 3 aliphatic heterocycles. The van der Waals surface area contributed by atoms with Crippen LogP contribution in [0.5, 0.6) is 0 Å². The Hall–Kier alpha value is -4.80. The highest BCUT2D eigenvalue weighted by molar-refractivity contribution is 5.81. The summed E-state index contributed by atoms with van der Waals surface area (Å²) in [4.78, 5) is 23.0. The highest BCUT2D eigenvalue weighted by atomic mass is 16.1. The molecule has 0 N–H and O–H groups in total. The lowest BCUT2D eigenvalue weighted by molar-refractivity contribution is 0.109. The number of hydrogen-bond acceptors (Lipinski definition) is 3. The van der Waals surface area contributed by atoms with Crippen LogP contribution in [-0.4, -0.2) is 27.0 Å². The Morgan fingerprint density at radius 2 is 1.42 bits per heavy atom. The molecule has 1 aliphatic carbocycles. The van der Waals surface area contributed by atoms with Crippen molar-refractivity contribution >= 4 is 10.9 Å². The van der Waals surface area contributed by atoms with E-state index in [1.165, 1.54) is 27.8 Å². The number of piperidine rings is 1. The van der Waals surface area contributed by atoms with Crippen LogP contribution in [0.15, 0.2) is 138 Å². The molecule has 1 spiro atoms. The molecule has 4 heterocycles. The molecule has 10 rings (SSSR count). The van der Waals surface area contributed by atoms with Gasteiger partial charge < -0.3 is 0 Å². The van der Waals surface area contributed by atoms with Gasteiger partial charge in [-0.15, -0.1) is 0 Å². The van der Waals surface area contributed by atoms with Crippen LogP contribution in [0.4, 0.5) is 0 Å². The van der Waals surface area contributed by atoms with E-state index in [0.29, 0.717) is 5.39 Å². The van der Waals surface area contributed by atoms with Gasteiger partial charge in [-0.2, -0.15) is 0 Å². The molecule has 218 valence electrons. The van der Waals surface area contributed by atoms with Crippen molar-refractivity contribution in [1.29, 1.82) is 0 Å². The van der Waals surface area contributed by atoms with Gasteiger partial charge in [-0.05, 0) is 61.2 Å². The normalized spacial score (nSPS) is 29.0. The van der Waals surface area contributed by atoms with E-state index < -0.39 is 11.0 Å². The van der Waals surface area contributed by atoms with E-state index in [2.05, 4.69) is 121 Å². The molecular weight excluding hydrogens is 550 g/mol. The first-order valence-electron chi connectivity index (χ1n) is 16.2. The molecule has 1 aromatic heterocycles. The number of fused-ring (bicyclic) bond motifs is 11. The Labute approximate surface area is 262 Å². The number of benzene rings is 5. The van der Waals surface area contributed by atoms with Gasteiger partial charge in [-0.25, -0.2) is 4.98 Å². The van der Waals surface area contributed by atoms with Crippen molar-refractivity contribution in [3.8, 4) is 5.69 Å². The Balaban J connectivity index is 1.46. The predicted molar refractivity (Wildman–Crippen MR) is 178 cm³/mol. The van der Waals surface area contributed by atoms with Gasteiger partial charge in [-0.1, -0.05) is 121 Å². The topological polar surface area (TPSA) is 38.1 Å². The van der Waals surface area contributed by atoms with E-state index in [-0.39, 0.29) is 22.9 Å². The van der Waals surface area contributed by atoms with Gasteiger partial charge in [0.15, 0.2) is 0 Å². The molecule has 0 unspecified atom stereocenters. The number of aromatic nitrogens is 2. The summed E-state index contributed by atoms with van der Waals surface area (Å²) in [7, 11) is 0. The van der Waals surface area contributed by atoms with Gasteiger partial charge in [-0.3, -0.25) is 14.3 Å². The van der Waals surface area contributed by atoms with Crippen LogP contribution >= 0.6 is 0 Å². The molecule has 45 heavy (non-hydrogen) atoms. The SMILES string of the molecule is Cc1ccc2c(c1)[C@]1(c3nc4ccccc4c(=O)n3-2)N2CCC[C@@H]2[C@]2(c3ccccc3)[C@@H](c3ccccc3)[C@@]21c1ccccc1. The minimum atomic E-state index is -0.656. The number of aryl methyl sites for hydroxylation is 1. The molecule has 2 saturated heterocycles. The summed E-state index contributed by atoms with van der Waals surface area (Å²) < 4.78 is 1.98. The molecule has 0 amide bonds. The third kappa shape index (κ3) is 2.72. The molecule has 5 aromatic carbocycles. The average Bonchev–Trinajstić information content (AvgIpc) is 3.32. The Kier molecular flexibility index (Phi) is 4.92. The highest BCUT2D eigenvalue weighted by Crippen LogP contribution is 2.89. The number of nitrogens with zero attached hydrogens (tertiary/aromatic N) is 3. The van der Waals surface area contributed by atoms with Gasteiger partial charge in [0.1, 0.15) is 11.4 Å². The zero-order chi connectivity index (χ0) is 30.0. The van der Waals surface area contributed by atoms with E-state index in [9.17, 15) is 4.79 Å². The third-order valence-electron chi connectivity index (χ3n) is 11.7. The van der Waals surface area contributed by atoms with Crippen molar-refractivity contribution < 1.29 is 0 Å². The van der Waals surface area contributed by atoms with E-state index in [1.807, 2.05) is 28.8 Å². The van der Waals surface area contributed by atoms with Gasteiger partial charge in [0.2, 0.25) is 0 Å². The zero-order valence-corrected chi connectivity index (χ0v) is 25.2. The molecule has 4 nitrogen and oxygen atoms in total. The molecular formula is C41H33N3O. The summed E-state index contributed by atoms with van der Waals surface area (Å²) in [6, 6.07) is 48.5. The van der Waals surface area contributed by atoms with Crippen LogP contribution in [0.25, 0.3) is 16.6 Å². The number of rotatable bonds is 3. The molecule has 4 heteroatoms. The first-order chi connectivity index (χ1) is 22.2. The second-order valence-electron chi connectivity index (χ2n) is 13.4. The lowest BCUT2D eigenvalue weighted by atomic mass is 9.67. The molecule has 6 aromatic rings. The monoisotopic (exact) mass is 583 g/mol. The van der Waals surface area contributed by atoms with Gasteiger partial charge in [0.25, 0.3) is 5.56 Å². The predicted octanol–water partition coefficient (Wildman–Crippen LogP) is 7.40. The lowest BCUT2D eigenvalue weighted by Crippen LogP contribution is -2.53. The van der Waals surface area contributed by atoms with E-state index in [0.717, 1.165) is 36.4 Å². The summed E-state index contributed by atoms with van der Waals surface area (Å²) in [6.07, 6.45) is 2.22. The Morgan fingerprint density at radius 1 is 0.756 bits per heavy atom. The molecule has 0 bridgehead atoms. The fourth-order valence-electron chi connectivity index (χ4n) is 10.6. The van der Waals surface area contributed by atoms with Crippen LogP contribution in [0.2, 0.25) is 0 Å². The van der Waals surface area contributed by atoms with Crippen LogP contribution in [0.3, 0.4) is 0 Å². The van der Waals surface area contributed by atoms with E-state index in [1.54, 1.807) is 0 Å². The highest BCUT2D eigenvalue weighted by Gasteiger charge is 2.95. The van der Waals surface area contributed by atoms with Gasteiger partial charge in [0, 0.05) is 28.4 Å². The van der Waals surface area contributed by atoms with Crippen LogP contribution in [0, 0.1) is 6.92 Å². The summed E-state index contributed by atoms with van der Waals surface area (Å²) in [5, 5.41) is 0.666. The quantitative estimate of drug-likeness (QED) is 0.218. The summed E-state index contributed by atoms with van der Waals surface area (Å²) in [5.74, 6) is 1.05. The minimum absolute atomic E-state index is 0.0191. The van der Waals surface area contributed by atoms with Crippen molar-refractivity contribution in [1.82, 2.24) is 14.5 Å². The van der Waals surface area contributed by atoms with Crippen molar-refractivity contribution in [2.24, 2.45) is 0 Å². The standard InChI is InChI=1S/C41H33N3O/c1-27-23-24-34-32(26-27)41(38-42-33-21-12-11-20-31(33)37(45)44(34)38)40(30-18-9-4-10-19-30)36(28-14-5-2-6-15-28)39(40,29-16-7-3-8-17-29)35-22-13-25-43(35)41/h2-12,14-21,23-24,26,35-36H,13,22,25H2,1H3/t35-,36-,39-,40+,41-/m1/s1. The summed E-state index contributed by atoms with van der Waals surface area (Å²) in [5.41, 5.74) is 6.93. The second kappa shape index (κ2) is 8.68. The van der Waals surface area contributed by atoms with Crippen LogP contribution in [-0.2, 0) is 16.4 Å². The fourth-order valence-corrected chi connectivity index (χ4v) is 10.6. The Morgan fingerprint density at radius 3 is 2.18 bits per heavy atom. The molecule has 0 radical (unpaired) electrons. The fraction of sp³-hybridized carbons (Fsp3) is 0.220. The van der Waals surface area contributed by atoms with Gasteiger partial charge >= 0.3 is 0 Å². The number of hydrogen-bond donors (Lipinski definition) is 0. The van der Waals surface area contributed by atoms with Crippen molar-refractivity contribution in [3.63, 3.8) is 0 Å². The van der Waals surface area contributed by atoms with Crippen molar-refractivity contribution in [2.45, 2.75) is 48.1 Å². The smallest absolute Gasteiger partial charge is 0.266 e. The summed E-state index contributed by atoms with van der Waals surface area (Å²) in [6.45, 7) is 3.15. The molecule has 5 atom stereocenters. The zero-order valence-electron chi connectivity index (χ0n) is 25.2. The Bertz CT molecular complexity index is 2210. The first-order valence-corrected chi connectivity index (χ1v) is 16.2. The maximum absolute atomic E-state index is 14.7. The third-order valence-corrected chi connectivity index (χ3v) is 11.7. The van der Waals surface area contributed by atoms with Crippen molar-refractivity contribution in [2.75, 3.05) is 6.54 Å². The first kappa shape index (κ1) is 25.5. The minimum Gasteiger partial charge on any atom is -0.282 e. The number of para-hydroxylation sites is 1. The second-order valence-corrected chi connectivity index (χ2v) is 13.4. The maximum Gasteiger partial charge on any atom is 0.266 e. The average molecular weight is 584 g/mol. The molecule has 4 aliphatic rings. The largest absolute Gasteiger partial charge is 0.282 e. The van der Waals surface area contributed by atoms with Crippen LogP contribution in [0.1, 0.15) is 52.4 Å². The maximum atomic E-state index is 14.7. The molecule has 1 saturated carbocycles. The van der Waals surface area contributed by atoms with Crippen molar-refractivity contribution in [3.05, 3.63) is 177 Å². The molecule has 3 fully saturated rings. The van der Waals surface area contributed by atoms with Crippen LogP contribution < -0.4 is 5.56 Å². The van der Waals surface area contributed by atoms with Gasteiger partial charge in [0.05, 0.1) is 16.6 Å². The van der Waals surface area contributed by atoms with E-state index in [4.69, 9.17) is 4.98 Å².